The molecule has 1 aliphatic rings. The Morgan fingerprint density at radius 3 is 2.83 bits per heavy atom. The maximum absolute atomic E-state index is 12.2. The molecule has 0 radical (unpaired) electrons. The molecule has 2 nitrogen and oxygen atoms in total. The molecule has 2 rings (SSSR count). The minimum atomic E-state index is -0.148. The molecule has 0 saturated carbocycles. The molecule has 1 amide bonds. The van der Waals surface area contributed by atoms with Crippen LogP contribution in [0.25, 0.3) is 0 Å². The fourth-order valence-corrected chi connectivity index (χ4v) is 4.41. The van der Waals surface area contributed by atoms with Gasteiger partial charge in [-0.1, -0.05) is 15.9 Å². The van der Waals surface area contributed by atoms with Gasteiger partial charge in [0.25, 0.3) is 5.91 Å². The zero-order chi connectivity index (χ0) is 13.2. The molecule has 0 spiro atoms. The van der Waals surface area contributed by atoms with Crippen molar-refractivity contribution < 1.29 is 4.79 Å². The molecule has 0 bridgehead atoms. The van der Waals surface area contributed by atoms with Crippen LogP contribution in [0.1, 0.15) is 53.2 Å². The van der Waals surface area contributed by atoms with E-state index < -0.39 is 0 Å². The van der Waals surface area contributed by atoms with Crippen LogP contribution in [0.15, 0.2) is 6.07 Å². The van der Waals surface area contributed by atoms with Crippen LogP contribution in [0.3, 0.4) is 0 Å². The number of rotatable bonds is 4. The Bertz CT molecular complexity index is 416. The Balaban J connectivity index is 2.07. The molecule has 0 saturated heterocycles. The quantitative estimate of drug-likeness (QED) is 0.833. The molecule has 1 aromatic heterocycles. The zero-order valence-electron chi connectivity index (χ0n) is 11.0. The molecule has 1 aliphatic carbocycles. The topological polar surface area (TPSA) is 29.1 Å². The standard InChI is InChI=1S/C14H20BrNOS/c1-14(2,7-8-15)16-13(17)12-9-10-5-3-4-6-11(10)18-12/h9H,3-8H2,1-2H3,(H,16,17). The second kappa shape index (κ2) is 5.74. The number of nitrogens with one attached hydrogen (secondary N) is 1. The van der Waals surface area contributed by atoms with Gasteiger partial charge in [0.05, 0.1) is 4.88 Å². The molecule has 0 fully saturated rings. The summed E-state index contributed by atoms with van der Waals surface area (Å²) in [5.41, 5.74) is 1.25. The molecule has 4 heteroatoms. The van der Waals surface area contributed by atoms with Gasteiger partial charge in [-0.05, 0) is 57.6 Å². The van der Waals surface area contributed by atoms with Crippen molar-refractivity contribution in [1.29, 1.82) is 0 Å². The molecule has 1 N–H and O–H groups in total. The van der Waals surface area contributed by atoms with Gasteiger partial charge in [0.1, 0.15) is 0 Å². The summed E-state index contributed by atoms with van der Waals surface area (Å²) in [4.78, 5) is 14.5. The molecule has 100 valence electrons. The van der Waals surface area contributed by atoms with E-state index in [1.807, 2.05) is 0 Å². The van der Waals surface area contributed by atoms with Crippen molar-refractivity contribution in [2.75, 3.05) is 5.33 Å². The average molecular weight is 330 g/mol. The van der Waals surface area contributed by atoms with Crippen LogP contribution < -0.4 is 5.32 Å². The number of alkyl halides is 1. The second-order valence-corrected chi connectivity index (χ2v) is 7.47. The van der Waals surface area contributed by atoms with E-state index in [9.17, 15) is 4.79 Å². The molecule has 0 aromatic carbocycles. The first-order valence-electron chi connectivity index (χ1n) is 6.52. The maximum Gasteiger partial charge on any atom is 0.261 e. The highest BCUT2D eigenvalue weighted by Gasteiger charge is 2.23. The normalized spacial score (nSPS) is 15.3. The Kier molecular flexibility index (Phi) is 4.49. The van der Waals surface area contributed by atoms with Gasteiger partial charge in [-0.2, -0.15) is 0 Å². The number of aryl methyl sites for hydroxylation is 2. The highest BCUT2D eigenvalue weighted by atomic mass is 79.9. The number of amides is 1. The highest BCUT2D eigenvalue weighted by Crippen LogP contribution is 2.29. The third-order valence-electron chi connectivity index (χ3n) is 3.39. The van der Waals surface area contributed by atoms with Crippen molar-refractivity contribution >= 4 is 33.2 Å². The lowest BCUT2D eigenvalue weighted by Gasteiger charge is -2.24. The summed E-state index contributed by atoms with van der Waals surface area (Å²) in [6.07, 6.45) is 5.76. The lowest BCUT2D eigenvalue weighted by atomic mass is 9.99. The highest BCUT2D eigenvalue weighted by molar-refractivity contribution is 9.09. The summed E-state index contributed by atoms with van der Waals surface area (Å²) < 4.78 is 0. The molecule has 18 heavy (non-hydrogen) atoms. The van der Waals surface area contributed by atoms with Crippen LogP contribution in [-0.4, -0.2) is 16.8 Å². The molecule has 0 atom stereocenters. The largest absolute Gasteiger partial charge is 0.346 e. The van der Waals surface area contributed by atoms with Crippen molar-refractivity contribution in [3.05, 3.63) is 21.4 Å². The summed E-state index contributed by atoms with van der Waals surface area (Å²) in [5.74, 6) is 0.0837. The van der Waals surface area contributed by atoms with E-state index in [2.05, 4.69) is 41.2 Å². The first kappa shape index (κ1) is 14.1. The Morgan fingerprint density at radius 2 is 2.17 bits per heavy atom. The first-order chi connectivity index (χ1) is 8.52. The number of hydrogen-bond donors (Lipinski definition) is 1. The number of fused-ring (bicyclic) bond motifs is 1. The van der Waals surface area contributed by atoms with Crippen LogP contribution in [-0.2, 0) is 12.8 Å². The summed E-state index contributed by atoms with van der Waals surface area (Å²) in [5, 5.41) is 4.03. The van der Waals surface area contributed by atoms with Gasteiger partial charge in [0.15, 0.2) is 0 Å². The van der Waals surface area contributed by atoms with Gasteiger partial charge in [0, 0.05) is 15.7 Å². The summed E-state index contributed by atoms with van der Waals surface area (Å²) in [7, 11) is 0. The van der Waals surface area contributed by atoms with Gasteiger partial charge < -0.3 is 5.32 Å². The Labute approximate surface area is 121 Å². The molecule has 0 unspecified atom stereocenters. The lowest BCUT2D eigenvalue weighted by Crippen LogP contribution is -2.43. The van der Waals surface area contributed by atoms with Crippen molar-refractivity contribution in [3.63, 3.8) is 0 Å². The number of thiophene rings is 1. The molecule has 1 aromatic rings. The van der Waals surface area contributed by atoms with Crippen LogP contribution in [0.2, 0.25) is 0 Å². The Hall–Kier alpha value is -0.350. The van der Waals surface area contributed by atoms with E-state index in [-0.39, 0.29) is 11.4 Å². The SMILES string of the molecule is CC(C)(CCBr)NC(=O)c1cc2c(s1)CCCC2. The van der Waals surface area contributed by atoms with E-state index in [0.717, 1.165) is 29.5 Å². The van der Waals surface area contributed by atoms with E-state index in [4.69, 9.17) is 0 Å². The maximum atomic E-state index is 12.2. The minimum Gasteiger partial charge on any atom is -0.346 e. The van der Waals surface area contributed by atoms with Crippen molar-refractivity contribution in [2.45, 2.75) is 51.5 Å². The van der Waals surface area contributed by atoms with Crippen LogP contribution in [0.5, 0.6) is 0 Å². The lowest BCUT2D eigenvalue weighted by molar-refractivity contribution is 0.0916. The third kappa shape index (κ3) is 3.35. The van der Waals surface area contributed by atoms with Gasteiger partial charge in [-0.3, -0.25) is 4.79 Å². The molecular weight excluding hydrogens is 310 g/mol. The number of halogens is 1. The smallest absolute Gasteiger partial charge is 0.261 e. The van der Waals surface area contributed by atoms with Crippen LogP contribution >= 0.6 is 27.3 Å². The number of carbonyl (C=O) groups excluding carboxylic acids is 1. The van der Waals surface area contributed by atoms with Gasteiger partial charge in [-0.25, -0.2) is 0 Å². The minimum absolute atomic E-state index is 0.0837. The van der Waals surface area contributed by atoms with E-state index in [1.165, 1.54) is 23.3 Å². The Morgan fingerprint density at radius 1 is 1.44 bits per heavy atom. The summed E-state index contributed by atoms with van der Waals surface area (Å²) in [6, 6.07) is 2.10. The zero-order valence-corrected chi connectivity index (χ0v) is 13.4. The molecule has 1 heterocycles. The predicted octanol–water partition coefficient (Wildman–Crippen LogP) is 3.92. The van der Waals surface area contributed by atoms with Crippen LogP contribution in [0.4, 0.5) is 0 Å². The molecule has 0 aliphatic heterocycles. The monoisotopic (exact) mass is 329 g/mol. The number of hydrogen-bond acceptors (Lipinski definition) is 2. The third-order valence-corrected chi connectivity index (χ3v) is 5.02. The summed E-state index contributed by atoms with van der Waals surface area (Å²) >= 11 is 5.11. The van der Waals surface area contributed by atoms with Crippen molar-refractivity contribution in [2.24, 2.45) is 0 Å². The predicted molar refractivity (Wildman–Crippen MR) is 80.9 cm³/mol. The van der Waals surface area contributed by atoms with E-state index >= 15 is 0 Å². The van der Waals surface area contributed by atoms with Crippen molar-refractivity contribution in [3.8, 4) is 0 Å². The van der Waals surface area contributed by atoms with E-state index in [1.54, 1.807) is 11.3 Å². The molecular formula is C14H20BrNOS. The van der Waals surface area contributed by atoms with Gasteiger partial charge in [-0.15, -0.1) is 11.3 Å². The van der Waals surface area contributed by atoms with Crippen molar-refractivity contribution in [1.82, 2.24) is 5.32 Å². The average Bonchev–Trinajstić information content (AvgIpc) is 2.71. The first-order valence-corrected chi connectivity index (χ1v) is 8.46. The fourth-order valence-electron chi connectivity index (χ4n) is 2.27. The second-order valence-electron chi connectivity index (χ2n) is 5.54. The van der Waals surface area contributed by atoms with E-state index in [0.29, 0.717) is 0 Å². The van der Waals surface area contributed by atoms with Crippen LogP contribution in [0, 0.1) is 0 Å². The van der Waals surface area contributed by atoms with Gasteiger partial charge in [0.2, 0.25) is 0 Å². The fraction of sp³-hybridized carbons (Fsp3) is 0.643. The van der Waals surface area contributed by atoms with Gasteiger partial charge >= 0.3 is 0 Å². The summed E-state index contributed by atoms with van der Waals surface area (Å²) in [6.45, 7) is 4.14. The number of carbonyl (C=O) groups is 1.